The van der Waals surface area contributed by atoms with Crippen LogP contribution in [0.3, 0.4) is 0 Å². The Morgan fingerprint density at radius 1 is 1.39 bits per heavy atom. The summed E-state index contributed by atoms with van der Waals surface area (Å²) in [7, 11) is 0. The van der Waals surface area contributed by atoms with Crippen LogP contribution in [0.4, 0.5) is 0 Å². The second-order valence-electron chi connectivity index (χ2n) is 4.65. The molecular weight excluding hydrogens is 252 g/mol. The average Bonchev–Trinajstić information content (AvgIpc) is 2.96. The van der Waals surface area contributed by atoms with Crippen molar-refractivity contribution < 1.29 is 13.9 Å². The van der Waals surface area contributed by atoms with E-state index in [0.29, 0.717) is 35.3 Å². The van der Waals surface area contributed by atoms with Gasteiger partial charge in [-0.2, -0.15) is 0 Å². The summed E-state index contributed by atoms with van der Waals surface area (Å²) in [6.07, 6.45) is 1.45. The minimum absolute atomic E-state index is 0.0397. The van der Waals surface area contributed by atoms with Crippen molar-refractivity contribution in [2.45, 2.75) is 12.8 Å². The fourth-order valence-electron chi connectivity index (χ4n) is 2.26. The maximum Gasteiger partial charge on any atom is 0.198 e. The zero-order valence-electron chi connectivity index (χ0n) is 9.82. The fraction of sp³-hybridized carbons (Fsp3) is 0.357. The minimum atomic E-state index is 0.0397. The maximum atomic E-state index is 12.1. The van der Waals surface area contributed by atoms with Crippen molar-refractivity contribution in [1.29, 1.82) is 0 Å². The normalized spacial score (nSPS) is 19.5. The first-order chi connectivity index (χ1) is 8.72. The predicted molar refractivity (Wildman–Crippen MR) is 69.1 cm³/mol. The molecule has 0 amide bonds. The highest BCUT2D eigenvalue weighted by Crippen LogP contribution is 2.25. The van der Waals surface area contributed by atoms with Crippen LogP contribution in [0.5, 0.6) is 0 Å². The van der Waals surface area contributed by atoms with Crippen LogP contribution in [-0.4, -0.2) is 19.0 Å². The maximum absolute atomic E-state index is 12.1. The zero-order chi connectivity index (χ0) is 12.5. The minimum Gasteiger partial charge on any atom is -0.453 e. The Bertz CT molecular complexity index is 582. The number of ketones is 1. The molecule has 1 atom stereocenters. The van der Waals surface area contributed by atoms with Crippen LogP contribution < -0.4 is 0 Å². The molecule has 1 aromatic heterocycles. The molecule has 1 unspecified atom stereocenters. The SMILES string of the molecule is O=C(CC1CCOC1)c1cc2cc(Cl)ccc2o1. The van der Waals surface area contributed by atoms with Gasteiger partial charge in [0.1, 0.15) is 5.58 Å². The lowest BCUT2D eigenvalue weighted by molar-refractivity contribution is 0.0928. The third kappa shape index (κ3) is 2.28. The summed E-state index contributed by atoms with van der Waals surface area (Å²) in [5.41, 5.74) is 0.699. The fourth-order valence-corrected chi connectivity index (χ4v) is 2.44. The first-order valence-corrected chi connectivity index (χ1v) is 6.40. The first-order valence-electron chi connectivity index (χ1n) is 6.02. The van der Waals surface area contributed by atoms with Gasteiger partial charge in [0.05, 0.1) is 0 Å². The Morgan fingerprint density at radius 2 is 2.28 bits per heavy atom. The van der Waals surface area contributed by atoms with Crippen molar-refractivity contribution in [3.05, 3.63) is 35.0 Å². The van der Waals surface area contributed by atoms with Crippen molar-refractivity contribution in [2.75, 3.05) is 13.2 Å². The second-order valence-corrected chi connectivity index (χ2v) is 5.09. The molecule has 2 heterocycles. The number of Topliss-reactive ketones (excluding diaryl/α,β-unsaturated/α-hetero) is 1. The van der Waals surface area contributed by atoms with Crippen LogP contribution in [0, 0.1) is 5.92 Å². The molecule has 1 aliphatic heterocycles. The van der Waals surface area contributed by atoms with Crippen molar-refractivity contribution in [3.8, 4) is 0 Å². The number of halogens is 1. The van der Waals surface area contributed by atoms with E-state index in [9.17, 15) is 4.79 Å². The summed E-state index contributed by atoms with van der Waals surface area (Å²) >= 11 is 5.90. The summed E-state index contributed by atoms with van der Waals surface area (Å²) in [5, 5.41) is 1.51. The number of carbonyl (C=O) groups excluding carboxylic acids is 1. The largest absolute Gasteiger partial charge is 0.453 e. The van der Waals surface area contributed by atoms with E-state index in [-0.39, 0.29) is 5.78 Å². The van der Waals surface area contributed by atoms with E-state index < -0.39 is 0 Å². The van der Waals surface area contributed by atoms with Gasteiger partial charge in [0.15, 0.2) is 11.5 Å². The quantitative estimate of drug-likeness (QED) is 0.794. The van der Waals surface area contributed by atoms with Crippen LogP contribution in [0.15, 0.2) is 28.7 Å². The molecule has 1 fully saturated rings. The number of hydrogen-bond donors (Lipinski definition) is 0. The van der Waals surface area contributed by atoms with Crippen molar-refractivity contribution in [3.63, 3.8) is 0 Å². The highest BCUT2D eigenvalue weighted by molar-refractivity contribution is 6.31. The summed E-state index contributed by atoms with van der Waals surface area (Å²) in [6.45, 7) is 1.44. The van der Waals surface area contributed by atoms with Crippen molar-refractivity contribution in [1.82, 2.24) is 0 Å². The van der Waals surface area contributed by atoms with Gasteiger partial charge in [-0.3, -0.25) is 4.79 Å². The van der Waals surface area contributed by atoms with Gasteiger partial charge >= 0.3 is 0 Å². The van der Waals surface area contributed by atoms with Crippen LogP contribution in [0.1, 0.15) is 23.4 Å². The lowest BCUT2D eigenvalue weighted by Gasteiger charge is -2.03. The first kappa shape index (κ1) is 11.8. The molecule has 4 heteroatoms. The van der Waals surface area contributed by atoms with Crippen LogP contribution in [0.25, 0.3) is 11.0 Å². The van der Waals surface area contributed by atoms with E-state index in [1.54, 1.807) is 24.3 Å². The number of ether oxygens (including phenoxy) is 1. The van der Waals surface area contributed by atoms with E-state index in [0.717, 1.165) is 18.4 Å². The van der Waals surface area contributed by atoms with Gasteiger partial charge < -0.3 is 9.15 Å². The number of hydrogen-bond acceptors (Lipinski definition) is 3. The molecule has 1 aliphatic rings. The Labute approximate surface area is 110 Å². The van der Waals surface area contributed by atoms with Gasteiger partial charge in [0, 0.05) is 30.0 Å². The molecule has 1 saturated heterocycles. The van der Waals surface area contributed by atoms with Crippen LogP contribution in [-0.2, 0) is 4.74 Å². The summed E-state index contributed by atoms with van der Waals surface area (Å²) in [5.74, 6) is 0.784. The Hall–Kier alpha value is -1.32. The van der Waals surface area contributed by atoms with Crippen LogP contribution in [0.2, 0.25) is 5.02 Å². The number of furan rings is 1. The molecule has 0 bridgehead atoms. The van der Waals surface area contributed by atoms with Gasteiger partial charge in [-0.05, 0) is 36.6 Å². The van der Waals surface area contributed by atoms with Gasteiger partial charge in [0.2, 0.25) is 0 Å². The molecule has 0 radical (unpaired) electrons. The van der Waals surface area contributed by atoms with E-state index >= 15 is 0 Å². The molecule has 18 heavy (non-hydrogen) atoms. The molecular formula is C14H13ClO3. The molecule has 0 spiro atoms. The molecule has 94 valence electrons. The monoisotopic (exact) mass is 264 g/mol. The Morgan fingerprint density at radius 3 is 3.06 bits per heavy atom. The summed E-state index contributed by atoms with van der Waals surface area (Å²) in [4.78, 5) is 12.1. The van der Waals surface area contributed by atoms with Gasteiger partial charge in [0.25, 0.3) is 0 Å². The van der Waals surface area contributed by atoms with Crippen molar-refractivity contribution >= 4 is 28.4 Å². The lowest BCUT2D eigenvalue weighted by Crippen LogP contribution is -2.07. The molecule has 3 rings (SSSR count). The molecule has 1 aromatic carbocycles. The number of rotatable bonds is 3. The van der Waals surface area contributed by atoms with E-state index in [2.05, 4.69) is 0 Å². The smallest absolute Gasteiger partial charge is 0.198 e. The Kier molecular flexibility index (Phi) is 3.10. The molecule has 2 aromatic rings. The third-order valence-corrected chi connectivity index (χ3v) is 3.49. The van der Waals surface area contributed by atoms with E-state index in [1.165, 1.54) is 0 Å². The molecule has 3 nitrogen and oxygen atoms in total. The summed E-state index contributed by atoms with van der Waals surface area (Å²) < 4.78 is 10.8. The zero-order valence-corrected chi connectivity index (χ0v) is 10.6. The number of carbonyl (C=O) groups is 1. The Balaban J connectivity index is 1.82. The molecule has 0 N–H and O–H groups in total. The van der Waals surface area contributed by atoms with Gasteiger partial charge in [-0.25, -0.2) is 0 Å². The summed E-state index contributed by atoms with van der Waals surface area (Å²) in [6, 6.07) is 7.11. The topological polar surface area (TPSA) is 39.4 Å². The van der Waals surface area contributed by atoms with Crippen molar-refractivity contribution in [2.24, 2.45) is 5.92 Å². The van der Waals surface area contributed by atoms with E-state index in [1.807, 2.05) is 0 Å². The second kappa shape index (κ2) is 4.75. The van der Waals surface area contributed by atoms with Gasteiger partial charge in [-0.1, -0.05) is 11.6 Å². The lowest BCUT2D eigenvalue weighted by atomic mass is 10.0. The molecule has 0 saturated carbocycles. The third-order valence-electron chi connectivity index (χ3n) is 3.25. The highest BCUT2D eigenvalue weighted by atomic mass is 35.5. The highest BCUT2D eigenvalue weighted by Gasteiger charge is 2.22. The number of benzene rings is 1. The predicted octanol–water partition coefficient (Wildman–Crippen LogP) is 3.70. The number of fused-ring (bicyclic) bond motifs is 1. The standard InChI is InChI=1S/C14H13ClO3/c15-11-1-2-13-10(6-11)7-14(18-13)12(16)5-9-3-4-17-8-9/h1-2,6-7,9H,3-5,8H2. The van der Waals surface area contributed by atoms with Gasteiger partial charge in [-0.15, -0.1) is 0 Å². The van der Waals surface area contributed by atoms with E-state index in [4.69, 9.17) is 20.8 Å². The molecule has 0 aliphatic carbocycles. The van der Waals surface area contributed by atoms with Crippen LogP contribution >= 0.6 is 11.6 Å². The average molecular weight is 265 g/mol.